The molecule has 0 spiro atoms. The van der Waals surface area contributed by atoms with Gasteiger partial charge in [0.15, 0.2) is 11.6 Å². The number of nitrogens with zero attached hydrogens (tertiary/aromatic N) is 6. The summed E-state index contributed by atoms with van der Waals surface area (Å²) < 4.78 is 52.6. The van der Waals surface area contributed by atoms with Gasteiger partial charge in [0.2, 0.25) is 11.8 Å². The third-order valence-electron chi connectivity index (χ3n) is 8.29. The largest absolute Gasteiger partial charge is 0.435 e. The van der Waals surface area contributed by atoms with Gasteiger partial charge in [-0.15, -0.1) is 0 Å². The van der Waals surface area contributed by atoms with Crippen molar-refractivity contribution in [2.45, 2.75) is 43.4 Å². The van der Waals surface area contributed by atoms with Crippen molar-refractivity contribution in [2.24, 2.45) is 7.05 Å². The van der Waals surface area contributed by atoms with E-state index in [0.29, 0.717) is 42.4 Å². The fraction of sp³-hybridized carbons (Fsp3) is 0.387. The molecule has 1 aliphatic heterocycles. The van der Waals surface area contributed by atoms with Crippen molar-refractivity contribution in [3.05, 3.63) is 71.8 Å². The summed E-state index contributed by atoms with van der Waals surface area (Å²) in [6, 6.07) is 13.1. The highest BCUT2D eigenvalue weighted by atomic mass is 32.2. The molecule has 0 bridgehead atoms. The molecule has 2 aromatic heterocycles. The minimum absolute atomic E-state index is 0.0177. The molecule has 12 heteroatoms. The first-order valence-corrected chi connectivity index (χ1v) is 16.1. The maximum atomic E-state index is 16.0. The van der Waals surface area contributed by atoms with E-state index in [1.807, 2.05) is 30.0 Å². The molecule has 10 nitrogen and oxygen atoms in total. The van der Waals surface area contributed by atoms with E-state index in [1.54, 1.807) is 25.2 Å². The SMILES string of the molecule is CCc1c(Oc2cccc(N3CCN(C)CC3)c2F)nc(NS(=O)(=O)c2cnn(C)c2)nc1-c1ccccc1C1CCC1. The zero-order valence-electron chi connectivity index (χ0n) is 24.6. The molecule has 1 aliphatic carbocycles. The van der Waals surface area contributed by atoms with E-state index in [-0.39, 0.29) is 22.5 Å². The highest BCUT2D eigenvalue weighted by Gasteiger charge is 2.28. The molecular formula is C31H36FN7O3S. The Morgan fingerprint density at radius 1 is 1.02 bits per heavy atom. The highest BCUT2D eigenvalue weighted by molar-refractivity contribution is 7.92. The van der Waals surface area contributed by atoms with Crippen LogP contribution in [0.5, 0.6) is 11.6 Å². The summed E-state index contributed by atoms with van der Waals surface area (Å²) >= 11 is 0. The van der Waals surface area contributed by atoms with Crippen LogP contribution in [0.2, 0.25) is 0 Å². The molecule has 0 unspecified atom stereocenters. The number of nitrogens with one attached hydrogen (secondary N) is 1. The first-order chi connectivity index (χ1) is 20.7. The third-order valence-corrected chi connectivity index (χ3v) is 9.58. The first-order valence-electron chi connectivity index (χ1n) is 14.6. The standard InChI is InChI=1S/C31H36FN7O3S/c1-4-23-29(25-12-6-5-11-24(25)21-9-7-10-21)34-31(36-43(40,41)22-19-33-38(3)20-22)35-30(23)42-27-14-8-13-26(28(27)32)39-17-15-37(2)16-18-39/h5-6,8,11-14,19-21H,4,7,9-10,15-18H2,1-3H3,(H,34,35,36). The molecule has 4 aromatic rings. The van der Waals surface area contributed by atoms with E-state index >= 15 is 4.39 Å². The van der Waals surface area contributed by atoms with Crippen molar-refractivity contribution in [1.82, 2.24) is 24.6 Å². The van der Waals surface area contributed by atoms with Crippen LogP contribution in [0.25, 0.3) is 11.3 Å². The van der Waals surface area contributed by atoms with Gasteiger partial charge < -0.3 is 14.5 Å². The normalized spacial score (nSPS) is 16.2. The Bertz CT molecular complexity index is 1730. The van der Waals surface area contributed by atoms with Gasteiger partial charge in [-0.1, -0.05) is 43.7 Å². The van der Waals surface area contributed by atoms with E-state index in [1.165, 1.54) is 17.1 Å². The number of benzene rings is 2. The number of halogens is 1. The molecule has 3 heterocycles. The molecule has 6 rings (SSSR count). The number of likely N-dealkylation sites (N-methyl/N-ethyl adjacent to an activating group) is 1. The molecule has 0 amide bonds. The second-order valence-corrected chi connectivity index (χ2v) is 12.9. The zero-order valence-corrected chi connectivity index (χ0v) is 25.4. The van der Waals surface area contributed by atoms with Crippen molar-refractivity contribution in [3.8, 4) is 22.9 Å². The van der Waals surface area contributed by atoms with E-state index in [0.717, 1.165) is 43.5 Å². The van der Waals surface area contributed by atoms with Gasteiger partial charge in [0, 0.05) is 50.6 Å². The molecule has 1 N–H and O–H groups in total. The summed E-state index contributed by atoms with van der Waals surface area (Å²) in [5.41, 5.74) is 3.74. The topological polar surface area (TPSA) is 105 Å². The van der Waals surface area contributed by atoms with Crippen LogP contribution in [0.3, 0.4) is 0 Å². The second-order valence-electron chi connectivity index (χ2n) is 11.2. The molecule has 2 aliphatic rings. The molecular weight excluding hydrogens is 569 g/mol. The van der Waals surface area contributed by atoms with Crippen molar-refractivity contribution < 1.29 is 17.5 Å². The van der Waals surface area contributed by atoms with Crippen LogP contribution < -0.4 is 14.4 Å². The van der Waals surface area contributed by atoms with Gasteiger partial charge >= 0.3 is 0 Å². The van der Waals surface area contributed by atoms with Gasteiger partial charge in [0.25, 0.3) is 10.0 Å². The fourth-order valence-electron chi connectivity index (χ4n) is 5.61. The Morgan fingerprint density at radius 3 is 2.47 bits per heavy atom. The first kappa shape index (κ1) is 29.1. The van der Waals surface area contributed by atoms with Gasteiger partial charge in [-0.25, -0.2) is 22.5 Å². The van der Waals surface area contributed by atoms with E-state index < -0.39 is 15.8 Å². The predicted molar refractivity (Wildman–Crippen MR) is 164 cm³/mol. The molecule has 1 saturated carbocycles. The van der Waals surface area contributed by atoms with Crippen LogP contribution >= 0.6 is 0 Å². The van der Waals surface area contributed by atoms with Crippen molar-refractivity contribution in [1.29, 1.82) is 0 Å². The average Bonchev–Trinajstić information content (AvgIpc) is 3.41. The van der Waals surface area contributed by atoms with Gasteiger partial charge in [-0.2, -0.15) is 10.1 Å². The highest BCUT2D eigenvalue weighted by Crippen LogP contribution is 2.43. The maximum absolute atomic E-state index is 16.0. The number of aryl methyl sites for hydroxylation is 1. The lowest BCUT2D eigenvalue weighted by Crippen LogP contribution is -2.44. The Balaban J connectivity index is 1.45. The van der Waals surface area contributed by atoms with Gasteiger partial charge in [0.05, 0.1) is 17.6 Å². The fourth-order valence-corrected chi connectivity index (χ4v) is 6.54. The average molecular weight is 606 g/mol. The number of sulfonamides is 1. The molecule has 0 atom stereocenters. The van der Waals surface area contributed by atoms with Gasteiger partial charge in [-0.05, 0) is 49.9 Å². The minimum Gasteiger partial charge on any atom is -0.435 e. The predicted octanol–water partition coefficient (Wildman–Crippen LogP) is 5.19. The van der Waals surface area contributed by atoms with Crippen molar-refractivity contribution in [2.75, 3.05) is 42.8 Å². The number of piperazine rings is 1. The van der Waals surface area contributed by atoms with E-state index in [9.17, 15) is 8.42 Å². The molecule has 2 fully saturated rings. The van der Waals surface area contributed by atoms with Crippen molar-refractivity contribution >= 4 is 21.7 Å². The van der Waals surface area contributed by atoms with E-state index in [2.05, 4.69) is 32.8 Å². The summed E-state index contributed by atoms with van der Waals surface area (Å²) in [5.74, 6) is -0.126. The second kappa shape index (κ2) is 11.9. The lowest BCUT2D eigenvalue weighted by molar-refractivity contribution is 0.311. The molecule has 226 valence electrons. The number of anilines is 2. The molecule has 2 aromatic carbocycles. The van der Waals surface area contributed by atoms with Crippen LogP contribution in [0.15, 0.2) is 59.8 Å². The zero-order chi connectivity index (χ0) is 30.1. The number of ether oxygens (including phenoxy) is 1. The van der Waals surface area contributed by atoms with Crippen LogP contribution in [-0.2, 0) is 23.5 Å². The summed E-state index contributed by atoms with van der Waals surface area (Å²) in [5, 5.41) is 3.98. The van der Waals surface area contributed by atoms with Gasteiger partial charge in [0.1, 0.15) is 4.90 Å². The number of aromatic nitrogens is 4. The number of rotatable bonds is 9. The Hall–Kier alpha value is -4.03. The quantitative estimate of drug-likeness (QED) is 0.278. The van der Waals surface area contributed by atoms with Gasteiger partial charge in [-0.3, -0.25) is 4.68 Å². The lowest BCUT2D eigenvalue weighted by atomic mass is 9.77. The lowest BCUT2D eigenvalue weighted by Gasteiger charge is -2.34. The Labute approximate surface area is 251 Å². The number of hydrogen-bond donors (Lipinski definition) is 1. The summed E-state index contributed by atoms with van der Waals surface area (Å²) in [6.45, 7) is 5.03. The third kappa shape index (κ3) is 5.94. The van der Waals surface area contributed by atoms with E-state index in [4.69, 9.17) is 9.72 Å². The molecule has 1 saturated heterocycles. The summed E-state index contributed by atoms with van der Waals surface area (Å²) in [4.78, 5) is 13.4. The Kier molecular flexibility index (Phi) is 8.06. The Morgan fingerprint density at radius 2 is 1.79 bits per heavy atom. The van der Waals surface area contributed by atoms with Crippen LogP contribution in [0.4, 0.5) is 16.0 Å². The monoisotopic (exact) mass is 605 g/mol. The van der Waals surface area contributed by atoms with Crippen LogP contribution in [0, 0.1) is 5.82 Å². The van der Waals surface area contributed by atoms with Crippen molar-refractivity contribution in [3.63, 3.8) is 0 Å². The summed E-state index contributed by atoms with van der Waals surface area (Å²) in [6.07, 6.45) is 6.46. The molecule has 0 radical (unpaired) electrons. The molecule has 43 heavy (non-hydrogen) atoms. The number of hydrogen-bond acceptors (Lipinski definition) is 8. The summed E-state index contributed by atoms with van der Waals surface area (Å²) in [7, 11) is -0.365. The van der Waals surface area contributed by atoms with Crippen LogP contribution in [0.1, 0.15) is 43.2 Å². The maximum Gasteiger partial charge on any atom is 0.267 e. The van der Waals surface area contributed by atoms with Crippen LogP contribution in [-0.4, -0.2) is 66.3 Å². The minimum atomic E-state index is -4.05. The smallest absolute Gasteiger partial charge is 0.267 e.